The quantitative estimate of drug-likeness (QED) is 0.919. The summed E-state index contributed by atoms with van der Waals surface area (Å²) in [5.74, 6) is -0.329. The molecule has 2 aromatic heterocycles. The molecule has 118 valence electrons. The lowest BCUT2D eigenvalue weighted by Crippen LogP contribution is -2.32. The average Bonchev–Trinajstić information content (AvgIpc) is 3.25. The fourth-order valence-corrected chi connectivity index (χ4v) is 2.88. The molecule has 1 saturated heterocycles. The monoisotopic (exact) mass is 312 g/mol. The Kier molecular flexibility index (Phi) is 3.66. The number of furan rings is 1. The molecule has 1 atom stereocenters. The molecule has 0 bridgehead atoms. The van der Waals surface area contributed by atoms with Crippen molar-refractivity contribution in [3.63, 3.8) is 0 Å². The molecule has 2 amide bonds. The zero-order chi connectivity index (χ0) is 16.6. The zero-order valence-corrected chi connectivity index (χ0v) is 12.7. The predicted molar refractivity (Wildman–Crippen MR) is 80.7 cm³/mol. The number of nitrogens with two attached hydrogens (primary N) is 1. The van der Waals surface area contributed by atoms with Gasteiger partial charge in [-0.2, -0.15) is 5.26 Å². The van der Waals surface area contributed by atoms with Crippen LogP contribution in [-0.2, 0) is 4.79 Å². The topological polar surface area (TPSA) is 105 Å². The van der Waals surface area contributed by atoms with Gasteiger partial charge in [0, 0.05) is 25.5 Å². The summed E-state index contributed by atoms with van der Waals surface area (Å²) < 4.78 is 7.29. The van der Waals surface area contributed by atoms with Gasteiger partial charge in [-0.25, -0.2) is 0 Å². The van der Waals surface area contributed by atoms with E-state index in [9.17, 15) is 14.9 Å². The number of nitrogens with zero attached hydrogens (tertiary/aromatic N) is 3. The van der Waals surface area contributed by atoms with E-state index in [1.807, 2.05) is 0 Å². The van der Waals surface area contributed by atoms with Gasteiger partial charge < -0.3 is 15.1 Å². The normalized spacial score (nSPS) is 17.2. The lowest BCUT2D eigenvalue weighted by molar-refractivity contribution is -0.121. The van der Waals surface area contributed by atoms with Crippen LogP contribution in [0.2, 0.25) is 0 Å². The molecule has 0 aromatic carbocycles. The van der Waals surface area contributed by atoms with Crippen LogP contribution >= 0.6 is 0 Å². The Hall–Kier alpha value is -3.01. The smallest absolute Gasteiger partial charge is 0.258 e. The first-order chi connectivity index (χ1) is 11.0. The van der Waals surface area contributed by atoms with Crippen molar-refractivity contribution >= 4 is 11.8 Å². The van der Waals surface area contributed by atoms with Crippen LogP contribution in [0, 0.1) is 24.2 Å². The first-order valence-corrected chi connectivity index (χ1v) is 7.28. The molecule has 1 fully saturated rings. The molecule has 1 aliphatic rings. The van der Waals surface area contributed by atoms with E-state index in [1.165, 1.54) is 0 Å². The highest BCUT2D eigenvalue weighted by Gasteiger charge is 2.34. The van der Waals surface area contributed by atoms with Crippen LogP contribution in [0.1, 0.15) is 28.1 Å². The number of carbonyl (C=O) groups is 2. The molecule has 7 heteroatoms. The van der Waals surface area contributed by atoms with Gasteiger partial charge >= 0.3 is 0 Å². The van der Waals surface area contributed by atoms with E-state index in [2.05, 4.69) is 6.07 Å². The van der Waals surface area contributed by atoms with Crippen LogP contribution in [-0.4, -0.2) is 34.4 Å². The van der Waals surface area contributed by atoms with Crippen LogP contribution in [0.25, 0.3) is 5.88 Å². The van der Waals surface area contributed by atoms with Crippen LogP contribution in [0.5, 0.6) is 0 Å². The van der Waals surface area contributed by atoms with Gasteiger partial charge in [-0.05, 0) is 25.5 Å². The Bertz CT molecular complexity index is 798. The summed E-state index contributed by atoms with van der Waals surface area (Å²) in [7, 11) is 0. The van der Waals surface area contributed by atoms with Gasteiger partial charge in [0.15, 0.2) is 0 Å². The predicted octanol–water partition coefficient (Wildman–Crippen LogP) is 1.20. The molecular formula is C16H16N4O3. The van der Waals surface area contributed by atoms with Crippen LogP contribution in [0.15, 0.2) is 28.9 Å². The Morgan fingerprint density at radius 3 is 2.65 bits per heavy atom. The van der Waals surface area contributed by atoms with E-state index in [0.29, 0.717) is 24.6 Å². The maximum absolute atomic E-state index is 12.8. The highest BCUT2D eigenvalue weighted by Crippen LogP contribution is 2.28. The van der Waals surface area contributed by atoms with Crippen molar-refractivity contribution in [3.8, 4) is 12.0 Å². The minimum absolute atomic E-state index is 0.200. The van der Waals surface area contributed by atoms with E-state index in [-0.39, 0.29) is 29.5 Å². The van der Waals surface area contributed by atoms with Gasteiger partial charge in [-0.15, -0.1) is 0 Å². The minimum atomic E-state index is -0.405. The number of nitriles is 1. The largest absolute Gasteiger partial charge is 0.443 e. The van der Waals surface area contributed by atoms with Crippen molar-refractivity contribution in [1.29, 1.82) is 5.26 Å². The standard InChI is InChI=1S/C16H16N4O3/c1-10-13(15(22)20-7-4-11(9-20)14(18)21)12(8-17)16(23-10)19-5-2-3-6-19/h2-3,5-6,11H,4,7,9H2,1H3,(H2,18,21)/t11-/m1/s1. The lowest BCUT2D eigenvalue weighted by Gasteiger charge is -2.15. The Morgan fingerprint density at radius 1 is 1.39 bits per heavy atom. The number of carbonyl (C=O) groups excluding carboxylic acids is 2. The average molecular weight is 312 g/mol. The van der Waals surface area contributed by atoms with E-state index in [4.69, 9.17) is 10.2 Å². The summed E-state index contributed by atoms with van der Waals surface area (Å²) in [6.45, 7) is 2.38. The van der Waals surface area contributed by atoms with Crippen LogP contribution in [0.4, 0.5) is 0 Å². The number of likely N-dealkylation sites (tertiary alicyclic amines) is 1. The first-order valence-electron chi connectivity index (χ1n) is 7.28. The molecule has 0 aliphatic carbocycles. The molecule has 2 N–H and O–H groups in total. The fourth-order valence-electron chi connectivity index (χ4n) is 2.88. The summed E-state index contributed by atoms with van der Waals surface area (Å²) in [5.41, 5.74) is 5.75. The number of hydrogen-bond donors (Lipinski definition) is 1. The lowest BCUT2D eigenvalue weighted by atomic mass is 10.1. The van der Waals surface area contributed by atoms with Crippen molar-refractivity contribution < 1.29 is 14.0 Å². The van der Waals surface area contributed by atoms with Crippen molar-refractivity contribution in [2.24, 2.45) is 11.7 Å². The third kappa shape index (κ3) is 2.48. The van der Waals surface area contributed by atoms with Gasteiger partial charge in [-0.1, -0.05) is 0 Å². The molecule has 0 radical (unpaired) electrons. The van der Waals surface area contributed by atoms with Crippen molar-refractivity contribution in [2.75, 3.05) is 13.1 Å². The molecule has 7 nitrogen and oxygen atoms in total. The van der Waals surface area contributed by atoms with Gasteiger partial charge in [0.2, 0.25) is 11.8 Å². The summed E-state index contributed by atoms with van der Waals surface area (Å²) in [4.78, 5) is 25.6. The second kappa shape index (κ2) is 5.65. The van der Waals surface area contributed by atoms with Crippen LogP contribution < -0.4 is 5.73 Å². The van der Waals surface area contributed by atoms with Gasteiger partial charge in [0.05, 0.1) is 5.92 Å². The van der Waals surface area contributed by atoms with E-state index in [1.54, 1.807) is 40.9 Å². The number of aryl methyl sites for hydroxylation is 1. The van der Waals surface area contributed by atoms with Crippen molar-refractivity contribution in [3.05, 3.63) is 41.4 Å². The number of hydrogen-bond acceptors (Lipinski definition) is 4. The molecule has 2 aromatic rings. The first kappa shape index (κ1) is 14.9. The van der Waals surface area contributed by atoms with E-state index >= 15 is 0 Å². The van der Waals surface area contributed by atoms with Crippen molar-refractivity contribution in [2.45, 2.75) is 13.3 Å². The molecule has 1 aliphatic heterocycles. The van der Waals surface area contributed by atoms with E-state index < -0.39 is 5.91 Å². The molecule has 0 spiro atoms. The third-order valence-electron chi connectivity index (χ3n) is 4.11. The summed E-state index contributed by atoms with van der Waals surface area (Å²) in [6, 6.07) is 5.67. The number of primary amides is 1. The van der Waals surface area contributed by atoms with Crippen molar-refractivity contribution in [1.82, 2.24) is 9.47 Å². The second-order valence-corrected chi connectivity index (χ2v) is 5.55. The molecule has 0 unspecified atom stereocenters. The molecule has 3 heterocycles. The minimum Gasteiger partial charge on any atom is -0.443 e. The van der Waals surface area contributed by atoms with Gasteiger partial charge in [-0.3, -0.25) is 14.2 Å². The van der Waals surface area contributed by atoms with Gasteiger partial charge in [0.25, 0.3) is 5.91 Å². The number of aromatic nitrogens is 1. The zero-order valence-electron chi connectivity index (χ0n) is 12.7. The van der Waals surface area contributed by atoms with Crippen LogP contribution in [0.3, 0.4) is 0 Å². The highest BCUT2D eigenvalue weighted by molar-refractivity contribution is 5.99. The fraction of sp³-hybridized carbons (Fsp3) is 0.312. The highest BCUT2D eigenvalue weighted by atomic mass is 16.4. The molecule has 3 rings (SSSR count). The summed E-state index contributed by atoms with van der Waals surface area (Å²) in [5, 5.41) is 9.48. The Labute approximate surface area is 132 Å². The Morgan fingerprint density at radius 2 is 2.09 bits per heavy atom. The maximum Gasteiger partial charge on any atom is 0.258 e. The number of amides is 2. The second-order valence-electron chi connectivity index (χ2n) is 5.55. The maximum atomic E-state index is 12.8. The molecular weight excluding hydrogens is 296 g/mol. The summed E-state index contributed by atoms with van der Waals surface area (Å²) in [6.07, 6.45) is 4.03. The van der Waals surface area contributed by atoms with Gasteiger partial charge in [0.1, 0.15) is 23.0 Å². The number of rotatable bonds is 3. The molecule has 0 saturated carbocycles. The SMILES string of the molecule is Cc1oc(-n2cccc2)c(C#N)c1C(=O)N1CC[C@@H](C(N)=O)C1. The molecule has 23 heavy (non-hydrogen) atoms. The third-order valence-corrected chi connectivity index (χ3v) is 4.11. The Balaban J connectivity index is 1.96. The summed E-state index contributed by atoms with van der Waals surface area (Å²) >= 11 is 0. The van der Waals surface area contributed by atoms with E-state index in [0.717, 1.165) is 0 Å².